The lowest BCUT2D eigenvalue weighted by Crippen LogP contribution is -2.33. The Morgan fingerprint density at radius 2 is 1.52 bits per heavy atom. The lowest BCUT2D eigenvalue weighted by atomic mass is 10.1. The third kappa shape index (κ3) is 12.1. The van der Waals surface area contributed by atoms with Crippen molar-refractivity contribution in [3.63, 3.8) is 0 Å². The minimum atomic E-state index is -4.85. The molecule has 3 rings (SSSR count). The molecule has 6 N–H and O–H groups in total. The monoisotopic (exact) mass is 693 g/mol. The minimum Gasteiger partial charge on any atom is -0.387 e. The first-order chi connectivity index (χ1) is 20.9. The molecule has 5 atom stereocenters. The second-order valence-electron chi connectivity index (χ2n) is 9.32. The normalized spacial score (nSPS) is 22.1. The molecule has 0 aromatic carbocycles. The molecule has 44 heavy (non-hydrogen) atoms. The number of aliphatic hydroxyl groups excluding tert-OH is 2. The van der Waals surface area contributed by atoms with Crippen molar-refractivity contribution in [2.75, 3.05) is 90.9 Å². The van der Waals surface area contributed by atoms with Gasteiger partial charge in [-0.05, 0) is 11.6 Å². The predicted molar refractivity (Wildman–Crippen MR) is 153 cm³/mol. The Labute approximate surface area is 257 Å². The van der Waals surface area contributed by atoms with Crippen LogP contribution in [0.2, 0.25) is 5.28 Å². The van der Waals surface area contributed by atoms with E-state index < -0.39 is 52.2 Å². The molecular weight excluding hydrogens is 656 g/mol. The van der Waals surface area contributed by atoms with Crippen molar-refractivity contribution in [1.82, 2.24) is 19.5 Å². The number of ether oxygens (including phenoxy) is 6. The van der Waals surface area contributed by atoms with Gasteiger partial charge >= 0.3 is 15.2 Å². The van der Waals surface area contributed by atoms with Crippen molar-refractivity contribution < 1.29 is 67.0 Å². The summed E-state index contributed by atoms with van der Waals surface area (Å²) in [4.78, 5) is 40.1. The summed E-state index contributed by atoms with van der Waals surface area (Å²) in [5.41, 5.74) is 0.422. The Bertz CT molecular complexity index is 1260. The van der Waals surface area contributed by atoms with E-state index in [9.17, 15) is 24.2 Å². The number of rotatable bonds is 22. The molecule has 0 bridgehead atoms. The Balaban J connectivity index is 1.43. The van der Waals surface area contributed by atoms with Crippen LogP contribution in [-0.4, -0.2) is 148 Å². The Hall–Kier alpha value is -1.38. The molecule has 0 radical (unpaired) electrons. The molecule has 0 spiro atoms. The van der Waals surface area contributed by atoms with Gasteiger partial charge in [0, 0.05) is 13.7 Å². The smallest absolute Gasteiger partial charge is 0.340 e. The summed E-state index contributed by atoms with van der Waals surface area (Å²) in [5.74, 6) is -1.14. The second-order valence-corrected chi connectivity index (χ2v) is 13.7. The van der Waals surface area contributed by atoms with E-state index >= 15 is 0 Å². The van der Waals surface area contributed by atoms with E-state index in [0.717, 1.165) is 0 Å². The quantitative estimate of drug-likeness (QED) is 0.0519. The van der Waals surface area contributed by atoms with Gasteiger partial charge in [-0.25, -0.2) is 4.98 Å². The van der Waals surface area contributed by atoms with Gasteiger partial charge in [-0.2, -0.15) is 9.97 Å². The minimum absolute atomic E-state index is 0.147. The van der Waals surface area contributed by atoms with E-state index in [1.807, 2.05) is 0 Å². The summed E-state index contributed by atoms with van der Waals surface area (Å²) < 4.78 is 61.2. The number of aliphatic hydroxyl groups is 2. The van der Waals surface area contributed by atoms with Gasteiger partial charge in [0.05, 0.1) is 72.4 Å². The summed E-state index contributed by atoms with van der Waals surface area (Å²) >= 11 is 6.11. The number of anilines is 1. The number of methoxy groups -OCH3 is 1. The molecule has 2 aromatic heterocycles. The maximum absolute atomic E-state index is 11.9. The number of imidazole rings is 1. The van der Waals surface area contributed by atoms with E-state index in [4.69, 9.17) is 54.3 Å². The van der Waals surface area contributed by atoms with E-state index in [2.05, 4.69) is 20.3 Å². The van der Waals surface area contributed by atoms with Crippen LogP contribution in [0.1, 0.15) is 6.23 Å². The molecule has 2 aromatic rings. The Kier molecular flexibility index (Phi) is 15.2. The molecule has 3 heterocycles. The summed E-state index contributed by atoms with van der Waals surface area (Å²) in [7, 11) is -7.95. The van der Waals surface area contributed by atoms with Gasteiger partial charge in [0.15, 0.2) is 29.1 Å². The van der Waals surface area contributed by atoms with Crippen molar-refractivity contribution >= 4 is 43.8 Å². The molecule has 22 heteroatoms. The van der Waals surface area contributed by atoms with Gasteiger partial charge in [-0.15, -0.1) is 0 Å². The molecule has 1 aliphatic heterocycles. The lowest BCUT2D eigenvalue weighted by Gasteiger charge is -2.18. The molecular formula is C22H38ClN5O14P2. The number of fused-ring (bicyclic) bond motifs is 1. The highest BCUT2D eigenvalue weighted by Crippen LogP contribution is 2.55. The zero-order valence-electron chi connectivity index (χ0n) is 23.8. The second kappa shape index (κ2) is 18.1. The first kappa shape index (κ1) is 37.1. The van der Waals surface area contributed by atoms with Crippen LogP contribution < -0.4 is 5.32 Å². The standard InChI is InChI=1S/C22H38ClN5O14P2/c1-36-4-5-38-8-9-40-11-10-39-7-6-37-3-2-24-19-16-20(27-22(23)26-19)28(13-25-16)21-18(30)17(29)15(42-21)12-41-44(34,35)14-43(31,32)33/h13,15,17-18,21,29-30H,2-12,14H2,1H3,(H,34,35)(H,24,26,27)(H2,31,32,33)/t15-,17?,18+,21-/m1/s1. The fourth-order valence-electron chi connectivity index (χ4n) is 3.91. The van der Waals surface area contributed by atoms with E-state index in [1.54, 1.807) is 7.11 Å². The van der Waals surface area contributed by atoms with Crippen molar-refractivity contribution in [2.45, 2.75) is 24.5 Å². The number of hydrogen-bond acceptors (Lipinski definition) is 15. The molecule has 0 amide bonds. The van der Waals surface area contributed by atoms with Gasteiger partial charge in [-0.3, -0.25) is 13.7 Å². The van der Waals surface area contributed by atoms with Crippen LogP contribution in [0, 0.1) is 0 Å². The average molecular weight is 694 g/mol. The highest BCUT2D eigenvalue weighted by Gasteiger charge is 2.45. The van der Waals surface area contributed by atoms with Gasteiger partial charge < -0.3 is 63.2 Å². The molecule has 1 aliphatic rings. The van der Waals surface area contributed by atoms with Crippen molar-refractivity contribution in [3.8, 4) is 0 Å². The number of aromatic nitrogens is 4. The number of nitrogens with zero attached hydrogens (tertiary/aromatic N) is 4. The van der Waals surface area contributed by atoms with Crippen LogP contribution in [0.5, 0.6) is 0 Å². The molecule has 0 aliphatic carbocycles. The molecule has 0 saturated carbocycles. The largest absolute Gasteiger partial charge is 0.387 e. The number of hydrogen-bond donors (Lipinski definition) is 6. The number of halogens is 1. The third-order valence-electron chi connectivity index (χ3n) is 5.90. The molecule has 2 unspecified atom stereocenters. The van der Waals surface area contributed by atoms with Gasteiger partial charge in [0.1, 0.15) is 18.3 Å². The predicted octanol–water partition coefficient (Wildman–Crippen LogP) is -0.439. The summed E-state index contributed by atoms with van der Waals surface area (Å²) in [6.07, 6.45) is -4.43. The fraction of sp³-hybridized carbons (Fsp3) is 0.773. The van der Waals surface area contributed by atoms with Crippen LogP contribution in [0.15, 0.2) is 6.33 Å². The van der Waals surface area contributed by atoms with E-state index in [0.29, 0.717) is 66.0 Å². The highest BCUT2D eigenvalue weighted by atomic mass is 35.5. The maximum atomic E-state index is 11.9. The van der Waals surface area contributed by atoms with Gasteiger partial charge in [-0.1, -0.05) is 0 Å². The summed E-state index contributed by atoms with van der Waals surface area (Å²) in [6, 6.07) is 0. The third-order valence-corrected chi connectivity index (χ3v) is 9.52. The van der Waals surface area contributed by atoms with Crippen LogP contribution in [0.3, 0.4) is 0 Å². The fourth-order valence-corrected chi connectivity index (χ4v) is 6.64. The van der Waals surface area contributed by atoms with Crippen LogP contribution in [0.4, 0.5) is 5.82 Å². The zero-order valence-corrected chi connectivity index (χ0v) is 26.4. The first-order valence-electron chi connectivity index (χ1n) is 13.4. The Morgan fingerprint density at radius 1 is 0.932 bits per heavy atom. The topological polar surface area (TPSA) is 256 Å². The van der Waals surface area contributed by atoms with Gasteiger partial charge in [0.25, 0.3) is 0 Å². The molecule has 1 saturated heterocycles. The van der Waals surface area contributed by atoms with E-state index in [-0.39, 0.29) is 22.3 Å². The maximum Gasteiger partial charge on any atom is 0.340 e. The van der Waals surface area contributed by atoms with E-state index in [1.165, 1.54) is 10.9 Å². The molecule has 252 valence electrons. The molecule has 19 nitrogen and oxygen atoms in total. The average Bonchev–Trinajstić information content (AvgIpc) is 3.48. The Morgan fingerprint density at radius 3 is 2.11 bits per heavy atom. The van der Waals surface area contributed by atoms with Crippen molar-refractivity contribution in [2.24, 2.45) is 0 Å². The van der Waals surface area contributed by atoms with Crippen LogP contribution in [0.25, 0.3) is 11.2 Å². The van der Waals surface area contributed by atoms with Crippen LogP contribution in [-0.2, 0) is 42.1 Å². The molecule has 1 fully saturated rings. The summed E-state index contributed by atoms with van der Waals surface area (Å²) in [5, 5.41) is 23.9. The van der Waals surface area contributed by atoms with Gasteiger partial charge in [0.2, 0.25) is 5.28 Å². The number of nitrogens with one attached hydrogen (secondary N) is 1. The SMILES string of the molecule is COCCOCCOCCOCCOCCNc1nc(Cl)nc2c1ncn2[C@@H]1O[C@H](COP(=O)(O)CP(=O)(O)O)C(O)[C@@H]1O. The zero-order chi connectivity index (χ0) is 32.2. The van der Waals surface area contributed by atoms with Crippen LogP contribution >= 0.6 is 26.8 Å². The summed E-state index contributed by atoms with van der Waals surface area (Å²) in [6.45, 7) is 3.51. The highest BCUT2D eigenvalue weighted by molar-refractivity contribution is 7.70. The lowest BCUT2D eigenvalue weighted by molar-refractivity contribution is -0.0483. The van der Waals surface area contributed by atoms with Crippen molar-refractivity contribution in [3.05, 3.63) is 11.6 Å². The first-order valence-corrected chi connectivity index (χ1v) is 17.3. The van der Waals surface area contributed by atoms with Crippen molar-refractivity contribution in [1.29, 1.82) is 0 Å².